The van der Waals surface area contributed by atoms with E-state index in [0.29, 0.717) is 5.92 Å². The molecule has 0 heterocycles. The molecular weight excluding hydrogens is 422 g/mol. The molecule has 172 valence electrons. The maximum absolute atomic E-state index is 12.7. The fourth-order valence-corrected chi connectivity index (χ4v) is 3.93. The highest BCUT2D eigenvalue weighted by Gasteiger charge is 2.25. The molecule has 2 aromatic carbocycles. The molecule has 1 amide bonds. The van der Waals surface area contributed by atoms with Crippen molar-refractivity contribution in [3.05, 3.63) is 69.3 Å². The number of nitro benzene ring substituents is 1. The number of rotatable bonds is 8. The first-order chi connectivity index (χ1) is 15.9. The van der Waals surface area contributed by atoms with Gasteiger partial charge in [0, 0.05) is 6.04 Å². The van der Waals surface area contributed by atoms with Crippen LogP contribution in [-0.2, 0) is 11.4 Å². The first-order valence-corrected chi connectivity index (χ1v) is 10.9. The van der Waals surface area contributed by atoms with Crippen molar-refractivity contribution >= 4 is 17.7 Å². The third kappa shape index (κ3) is 6.10. The van der Waals surface area contributed by atoms with Gasteiger partial charge in [0.15, 0.2) is 11.5 Å². The van der Waals surface area contributed by atoms with Gasteiger partial charge in [-0.1, -0.05) is 50.1 Å². The number of nitriles is 1. The number of carbonyl (C=O) groups excluding carboxylic acids is 1. The Balaban J connectivity index is 1.88. The van der Waals surface area contributed by atoms with E-state index in [1.807, 2.05) is 36.4 Å². The van der Waals surface area contributed by atoms with E-state index >= 15 is 0 Å². The Morgan fingerprint density at radius 3 is 2.61 bits per heavy atom. The van der Waals surface area contributed by atoms with Crippen molar-refractivity contribution in [2.24, 2.45) is 5.92 Å². The molecule has 33 heavy (non-hydrogen) atoms. The summed E-state index contributed by atoms with van der Waals surface area (Å²) in [5, 5.41) is 24.2. The molecule has 3 rings (SSSR count). The number of carbonyl (C=O) groups is 1. The molecule has 0 radical (unpaired) electrons. The summed E-state index contributed by atoms with van der Waals surface area (Å²) < 4.78 is 11.1. The van der Waals surface area contributed by atoms with Crippen LogP contribution in [0.25, 0.3) is 6.08 Å². The molecule has 0 spiro atoms. The average molecular weight is 450 g/mol. The molecule has 0 saturated heterocycles. The van der Waals surface area contributed by atoms with Crippen LogP contribution < -0.4 is 14.8 Å². The van der Waals surface area contributed by atoms with E-state index in [0.717, 1.165) is 31.2 Å². The van der Waals surface area contributed by atoms with Gasteiger partial charge in [-0.05, 0) is 36.5 Å². The summed E-state index contributed by atoms with van der Waals surface area (Å²) in [6.45, 7) is 2.28. The van der Waals surface area contributed by atoms with Gasteiger partial charge in [0.05, 0.1) is 23.7 Å². The van der Waals surface area contributed by atoms with E-state index in [4.69, 9.17) is 9.47 Å². The minimum absolute atomic E-state index is 0.0127. The van der Waals surface area contributed by atoms with E-state index in [9.17, 15) is 20.2 Å². The highest BCUT2D eigenvalue weighted by atomic mass is 16.6. The second-order valence-electron chi connectivity index (χ2n) is 8.10. The van der Waals surface area contributed by atoms with Gasteiger partial charge in [0.25, 0.3) is 11.6 Å². The van der Waals surface area contributed by atoms with Crippen molar-refractivity contribution in [3.63, 3.8) is 0 Å². The van der Waals surface area contributed by atoms with Gasteiger partial charge in [-0.25, -0.2) is 0 Å². The highest BCUT2D eigenvalue weighted by Crippen LogP contribution is 2.36. The van der Waals surface area contributed by atoms with Gasteiger partial charge in [0.1, 0.15) is 18.2 Å². The second kappa shape index (κ2) is 11.1. The monoisotopic (exact) mass is 449 g/mol. The number of benzene rings is 2. The first kappa shape index (κ1) is 23.8. The molecule has 0 bridgehead atoms. The number of nitrogens with zero attached hydrogens (tertiary/aromatic N) is 2. The van der Waals surface area contributed by atoms with Gasteiger partial charge in [0.2, 0.25) is 0 Å². The third-order valence-electron chi connectivity index (χ3n) is 5.84. The van der Waals surface area contributed by atoms with Gasteiger partial charge in [-0.2, -0.15) is 5.26 Å². The fourth-order valence-electron chi connectivity index (χ4n) is 3.93. The summed E-state index contributed by atoms with van der Waals surface area (Å²) in [6.07, 6.45) is 5.24. The molecule has 1 saturated carbocycles. The lowest BCUT2D eigenvalue weighted by Gasteiger charge is -2.29. The average Bonchev–Trinajstić information content (AvgIpc) is 2.83. The van der Waals surface area contributed by atoms with Gasteiger partial charge in [-0.3, -0.25) is 14.9 Å². The first-order valence-electron chi connectivity index (χ1n) is 10.9. The van der Waals surface area contributed by atoms with Crippen LogP contribution in [0.5, 0.6) is 11.5 Å². The topological polar surface area (TPSA) is 114 Å². The second-order valence-corrected chi connectivity index (χ2v) is 8.10. The maximum Gasteiger partial charge on any atom is 0.280 e. The van der Waals surface area contributed by atoms with Crippen LogP contribution in [0.4, 0.5) is 5.69 Å². The molecule has 0 aromatic heterocycles. The van der Waals surface area contributed by atoms with Crippen LogP contribution in [0.15, 0.2) is 48.0 Å². The number of amides is 1. The predicted molar refractivity (Wildman–Crippen MR) is 124 cm³/mol. The van der Waals surface area contributed by atoms with Crippen LogP contribution in [0.1, 0.15) is 43.7 Å². The van der Waals surface area contributed by atoms with Crippen LogP contribution in [0, 0.1) is 27.4 Å². The van der Waals surface area contributed by atoms with E-state index in [2.05, 4.69) is 12.2 Å². The number of methoxy groups -OCH3 is 1. The number of nitrogens with one attached hydrogen (secondary N) is 1. The normalized spacial score (nSPS) is 18.2. The van der Waals surface area contributed by atoms with Gasteiger partial charge in [-0.15, -0.1) is 0 Å². The predicted octanol–water partition coefficient (Wildman–Crippen LogP) is 4.78. The van der Waals surface area contributed by atoms with E-state index in [1.54, 1.807) is 0 Å². The lowest BCUT2D eigenvalue weighted by molar-refractivity contribution is -0.385. The van der Waals surface area contributed by atoms with Crippen molar-refractivity contribution in [1.82, 2.24) is 5.32 Å². The number of nitro groups is 1. The Labute approximate surface area is 193 Å². The molecular formula is C25H27N3O5. The minimum atomic E-state index is -0.573. The fraction of sp³-hybridized carbons (Fsp3) is 0.360. The molecule has 0 unspecified atom stereocenters. The lowest BCUT2D eigenvalue weighted by Crippen LogP contribution is -2.41. The van der Waals surface area contributed by atoms with Crippen molar-refractivity contribution in [2.75, 3.05) is 7.11 Å². The Morgan fingerprint density at radius 2 is 1.97 bits per heavy atom. The van der Waals surface area contributed by atoms with Crippen LogP contribution in [0.3, 0.4) is 0 Å². The largest absolute Gasteiger partial charge is 0.493 e. The Morgan fingerprint density at radius 1 is 1.24 bits per heavy atom. The molecule has 2 aromatic rings. The van der Waals surface area contributed by atoms with Crippen LogP contribution >= 0.6 is 0 Å². The van der Waals surface area contributed by atoms with E-state index < -0.39 is 10.8 Å². The Kier molecular flexibility index (Phi) is 8.03. The summed E-state index contributed by atoms with van der Waals surface area (Å²) in [5.41, 5.74) is 0.500. The lowest BCUT2D eigenvalue weighted by atomic mass is 9.86. The molecule has 8 heteroatoms. The van der Waals surface area contributed by atoms with Crippen LogP contribution in [0.2, 0.25) is 0 Å². The summed E-state index contributed by atoms with van der Waals surface area (Å²) in [4.78, 5) is 23.9. The van der Waals surface area contributed by atoms with Crippen molar-refractivity contribution in [2.45, 2.75) is 45.3 Å². The summed E-state index contributed by atoms with van der Waals surface area (Å²) >= 11 is 0. The Bertz CT molecular complexity index is 1080. The zero-order chi connectivity index (χ0) is 23.8. The van der Waals surface area contributed by atoms with Crippen LogP contribution in [-0.4, -0.2) is 24.0 Å². The number of ether oxygens (including phenoxy) is 2. The number of hydrogen-bond acceptors (Lipinski definition) is 6. The van der Waals surface area contributed by atoms with Crippen molar-refractivity contribution in [1.29, 1.82) is 5.26 Å². The van der Waals surface area contributed by atoms with Crippen molar-refractivity contribution in [3.8, 4) is 17.6 Å². The van der Waals surface area contributed by atoms with Crippen molar-refractivity contribution < 1.29 is 19.2 Å². The number of hydrogen-bond donors (Lipinski definition) is 1. The highest BCUT2D eigenvalue weighted by molar-refractivity contribution is 6.02. The van der Waals surface area contributed by atoms with Gasteiger partial charge < -0.3 is 14.8 Å². The zero-order valence-electron chi connectivity index (χ0n) is 18.7. The third-order valence-corrected chi connectivity index (χ3v) is 5.84. The summed E-state index contributed by atoms with van der Waals surface area (Å²) in [6, 6.07) is 13.9. The smallest absolute Gasteiger partial charge is 0.280 e. The molecule has 8 nitrogen and oxygen atoms in total. The molecule has 1 fully saturated rings. The molecule has 1 aliphatic rings. The van der Waals surface area contributed by atoms with E-state index in [1.165, 1.54) is 25.3 Å². The molecule has 1 aliphatic carbocycles. The SMILES string of the molecule is COc1cc(/C=C(\C#N)C(=O)N[C@H]2CCCC[C@@H]2C)c([N+](=O)[O-])cc1OCc1ccccc1. The minimum Gasteiger partial charge on any atom is -0.493 e. The maximum atomic E-state index is 12.7. The quantitative estimate of drug-likeness (QED) is 0.268. The Hall–Kier alpha value is -3.86. The summed E-state index contributed by atoms with van der Waals surface area (Å²) in [7, 11) is 1.42. The van der Waals surface area contributed by atoms with Gasteiger partial charge >= 0.3 is 0 Å². The standard InChI is InChI=1S/C25H27N3O5/c1-17-8-6-7-11-21(17)27-25(29)20(15-26)12-19-13-23(32-2)24(14-22(19)28(30)31)33-16-18-9-4-3-5-10-18/h3-5,9-10,12-14,17,21H,6-8,11,16H2,1-2H3,(H,27,29)/b20-12+/t17-,21-/m0/s1. The molecule has 2 atom stereocenters. The zero-order valence-corrected chi connectivity index (χ0v) is 18.7. The summed E-state index contributed by atoms with van der Waals surface area (Å²) in [5.74, 6) is 0.248. The molecule has 0 aliphatic heterocycles. The molecule has 1 N–H and O–H groups in total. The van der Waals surface area contributed by atoms with E-state index in [-0.39, 0.29) is 41.0 Å².